The lowest BCUT2D eigenvalue weighted by atomic mass is 9.63. The van der Waals surface area contributed by atoms with Crippen molar-refractivity contribution in [2.45, 2.75) is 39.7 Å². The summed E-state index contributed by atoms with van der Waals surface area (Å²) in [6, 6.07) is 8.43. The first-order chi connectivity index (χ1) is 12.0. The molecule has 0 radical (unpaired) electrons. The van der Waals surface area contributed by atoms with Gasteiger partial charge in [0.25, 0.3) is 0 Å². The standard InChI is InChI=1S/C20H27N3O2/c1-13(2)18-20(6-8-25-9-7-20)12-23(18)19(24)22-16-4-5-17-15(11-16)10-14(3)21-17/h4-5,10-11,13,18,21H,6-9,12H2,1-3H3,(H,22,24)/t18-/m1/s1. The second-order valence-corrected chi connectivity index (χ2v) is 7.98. The Balaban J connectivity index is 1.50. The lowest BCUT2D eigenvalue weighted by Gasteiger charge is -2.60. The quantitative estimate of drug-likeness (QED) is 0.862. The van der Waals surface area contributed by atoms with E-state index < -0.39 is 0 Å². The van der Waals surface area contributed by atoms with E-state index in [1.807, 2.05) is 30.0 Å². The van der Waals surface area contributed by atoms with Gasteiger partial charge in [-0.2, -0.15) is 0 Å². The van der Waals surface area contributed by atoms with Gasteiger partial charge in [0.1, 0.15) is 0 Å². The average Bonchev–Trinajstić information content (AvgIpc) is 2.92. The van der Waals surface area contributed by atoms with Gasteiger partial charge in [-0.25, -0.2) is 4.79 Å². The number of aromatic amines is 1. The summed E-state index contributed by atoms with van der Waals surface area (Å²) in [6.07, 6.45) is 2.13. The fourth-order valence-electron chi connectivity index (χ4n) is 4.80. The Hall–Kier alpha value is -2.01. The Morgan fingerprint density at radius 2 is 2.08 bits per heavy atom. The van der Waals surface area contributed by atoms with Crippen molar-refractivity contribution in [3.63, 3.8) is 0 Å². The Labute approximate surface area is 148 Å². The summed E-state index contributed by atoms with van der Waals surface area (Å²) in [6.45, 7) is 8.96. The zero-order chi connectivity index (χ0) is 17.6. The minimum Gasteiger partial charge on any atom is -0.381 e. The molecule has 2 saturated heterocycles. The molecule has 25 heavy (non-hydrogen) atoms. The van der Waals surface area contributed by atoms with Crippen molar-refractivity contribution in [3.05, 3.63) is 30.0 Å². The normalized spacial score (nSPS) is 22.4. The van der Waals surface area contributed by atoms with Crippen molar-refractivity contribution >= 4 is 22.6 Å². The molecule has 1 aromatic carbocycles. The van der Waals surface area contributed by atoms with E-state index in [-0.39, 0.29) is 11.4 Å². The molecular formula is C20H27N3O2. The van der Waals surface area contributed by atoms with Crippen LogP contribution >= 0.6 is 0 Å². The van der Waals surface area contributed by atoms with E-state index in [0.29, 0.717) is 12.0 Å². The maximum atomic E-state index is 12.9. The van der Waals surface area contributed by atoms with Crippen LogP contribution in [-0.2, 0) is 4.74 Å². The number of urea groups is 1. The third kappa shape index (κ3) is 2.80. The molecule has 2 amide bonds. The number of ether oxygens (including phenoxy) is 1. The number of likely N-dealkylation sites (tertiary alicyclic amines) is 1. The van der Waals surface area contributed by atoms with Gasteiger partial charge in [-0.1, -0.05) is 13.8 Å². The summed E-state index contributed by atoms with van der Waals surface area (Å²) < 4.78 is 5.54. The van der Waals surface area contributed by atoms with Gasteiger partial charge in [0.15, 0.2) is 0 Å². The Bertz CT molecular complexity index is 789. The van der Waals surface area contributed by atoms with Crippen LogP contribution < -0.4 is 5.32 Å². The van der Waals surface area contributed by atoms with E-state index >= 15 is 0 Å². The summed E-state index contributed by atoms with van der Waals surface area (Å²) in [4.78, 5) is 18.2. The van der Waals surface area contributed by atoms with Crippen LogP contribution in [0.1, 0.15) is 32.4 Å². The summed E-state index contributed by atoms with van der Waals surface area (Å²) in [5.74, 6) is 0.451. The van der Waals surface area contributed by atoms with Crippen LogP contribution in [-0.4, -0.2) is 41.7 Å². The molecule has 3 heterocycles. The van der Waals surface area contributed by atoms with Gasteiger partial charge in [-0.15, -0.1) is 0 Å². The maximum absolute atomic E-state index is 12.9. The molecule has 1 aromatic heterocycles. The largest absolute Gasteiger partial charge is 0.381 e. The fraction of sp³-hybridized carbons (Fsp3) is 0.550. The highest BCUT2D eigenvalue weighted by Gasteiger charge is 2.55. The van der Waals surface area contributed by atoms with E-state index in [9.17, 15) is 4.79 Å². The fourth-order valence-corrected chi connectivity index (χ4v) is 4.80. The minimum absolute atomic E-state index is 0.0161. The first-order valence-corrected chi connectivity index (χ1v) is 9.23. The van der Waals surface area contributed by atoms with Gasteiger partial charge in [-0.05, 0) is 49.9 Å². The zero-order valence-corrected chi connectivity index (χ0v) is 15.3. The third-order valence-corrected chi connectivity index (χ3v) is 5.84. The van der Waals surface area contributed by atoms with Gasteiger partial charge in [0.05, 0.1) is 0 Å². The lowest BCUT2D eigenvalue weighted by molar-refractivity contribution is -0.122. The highest BCUT2D eigenvalue weighted by atomic mass is 16.5. The number of nitrogens with zero attached hydrogens (tertiary/aromatic N) is 1. The van der Waals surface area contributed by atoms with E-state index in [1.165, 1.54) is 0 Å². The topological polar surface area (TPSA) is 57.4 Å². The van der Waals surface area contributed by atoms with Crippen molar-refractivity contribution in [1.82, 2.24) is 9.88 Å². The predicted octanol–water partition coefficient (Wildman–Crippen LogP) is 4.15. The number of benzene rings is 1. The number of aryl methyl sites for hydroxylation is 1. The summed E-state index contributed by atoms with van der Waals surface area (Å²) in [5, 5.41) is 4.22. The van der Waals surface area contributed by atoms with Crippen molar-refractivity contribution < 1.29 is 9.53 Å². The number of hydrogen-bond donors (Lipinski definition) is 2. The van der Waals surface area contributed by atoms with Gasteiger partial charge in [-0.3, -0.25) is 0 Å². The van der Waals surface area contributed by atoms with Gasteiger partial charge < -0.3 is 19.9 Å². The van der Waals surface area contributed by atoms with Crippen molar-refractivity contribution in [2.24, 2.45) is 11.3 Å². The number of amides is 2. The zero-order valence-electron chi connectivity index (χ0n) is 15.3. The second-order valence-electron chi connectivity index (χ2n) is 7.98. The van der Waals surface area contributed by atoms with Crippen molar-refractivity contribution in [2.75, 3.05) is 25.1 Å². The van der Waals surface area contributed by atoms with Gasteiger partial charge in [0, 0.05) is 53.5 Å². The first-order valence-electron chi connectivity index (χ1n) is 9.23. The van der Waals surface area contributed by atoms with Gasteiger partial charge >= 0.3 is 6.03 Å². The first kappa shape index (κ1) is 16.5. The molecule has 2 aliphatic rings. The van der Waals surface area contributed by atoms with Crippen molar-refractivity contribution in [1.29, 1.82) is 0 Å². The molecular weight excluding hydrogens is 314 g/mol. The number of nitrogens with one attached hydrogen (secondary N) is 2. The predicted molar refractivity (Wildman–Crippen MR) is 99.9 cm³/mol. The SMILES string of the molecule is Cc1cc2cc(NC(=O)N3CC4(CCOCC4)[C@H]3C(C)C)ccc2[nH]1. The van der Waals surface area contributed by atoms with Crippen LogP contribution in [0.4, 0.5) is 10.5 Å². The van der Waals surface area contributed by atoms with Crippen LogP contribution in [0.3, 0.4) is 0 Å². The molecule has 0 unspecified atom stereocenters. The molecule has 2 aromatic rings. The molecule has 5 heteroatoms. The van der Waals surface area contributed by atoms with E-state index in [0.717, 1.165) is 54.9 Å². The molecule has 134 valence electrons. The smallest absolute Gasteiger partial charge is 0.322 e. The summed E-state index contributed by atoms with van der Waals surface area (Å²) in [7, 11) is 0. The number of H-pyrrole nitrogens is 1. The highest BCUT2D eigenvalue weighted by molar-refractivity contribution is 5.93. The second kappa shape index (κ2) is 6.06. The molecule has 0 aliphatic carbocycles. The highest BCUT2D eigenvalue weighted by Crippen LogP contribution is 2.48. The molecule has 0 bridgehead atoms. The van der Waals surface area contributed by atoms with E-state index in [1.54, 1.807) is 0 Å². The van der Waals surface area contributed by atoms with Crippen LogP contribution in [0, 0.1) is 18.3 Å². The molecule has 0 saturated carbocycles. The number of hydrogen-bond acceptors (Lipinski definition) is 2. The number of aromatic nitrogens is 1. The monoisotopic (exact) mass is 341 g/mol. The Morgan fingerprint density at radius 3 is 2.80 bits per heavy atom. The van der Waals surface area contributed by atoms with E-state index in [2.05, 4.69) is 30.2 Å². The molecule has 4 rings (SSSR count). The number of fused-ring (bicyclic) bond motifs is 1. The number of rotatable bonds is 2. The third-order valence-electron chi connectivity index (χ3n) is 5.84. The van der Waals surface area contributed by atoms with E-state index in [4.69, 9.17) is 4.74 Å². The van der Waals surface area contributed by atoms with Crippen LogP contribution in [0.5, 0.6) is 0 Å². The molecule has 1 atom stereocenters. The Kier molecular flexibility index (Phi) is 3.99. The average molecular weight is 341 g/mol. The maximum Gasteiger partial charge on any atom is 0.322 e. The van der Waals surface area contributed by atoms with Gasteiger partial charge in [0.2, 0.25) is 0 Å². The van der Waals surface area contributed by atoms with Crippen LogP contribution in [0.15, 0.2) is 24.3 Å². The molecule has 1 spiro atoms. The minimum atomic E-state index is 0.0161. The molecule has 2 N–H and O–H groups in total. The Morgan fingerprint density at radius 1 is 1.32 bits per heavy atom. The molecule has 2 aliphatic heterocycles. The summed E-state index contributed by atoms with van der Waals surface area (Å²) >= 11 is 0. The summed E-state index contributed by atoms with van der Waals surface area (Å²) in [5.41, 5.74) is 3.33. The number of carbonyl (C=O) groups is 1. The number of carbonyl (C=O) groups excluding carboxylic acids is 1. The number of anilines is 1. The van der Waals surface area contributed by atoms with Crippen LogP contribution in [0.25, 0.3) is 10.9 Å². The van der Waals surface area contributed by atoms with Crippen molar-refractivity contribution in [3.8, 4) is 0 Å². The molecule has 5 nitrogen and oxygen atoms in total. The lowest BCUT2D eigenvalue weighted by Crippen LogP contribution is -2.70. The van der Waals surface area contributed by atoms with Crippen LogP contribution in [0.2, 0.25) is 0 Å². The molecule has 2 fully saturated rings.